The Kier molecular flexibility index (Phi) is 4.31. The minimum absolute atomic E-state index is 0.203. The molecule has 1 aromatic carbocycles. The number of hydrogen-bond acceptors (Lipinski definition) is 2. The minimum atomic E-state index is -0.203. The second kappa shape index (κ2) is 5.96. The molecule has 0 aliphatic rings. The number of aromatic nitrogens is 1. The van der Waals surface area contributed by atoms with E-state index >= 15 is 0 Å². The fourth-order valence-electron chi connectivity index (χ4n) is 1.88. The molecule has 0 saturated heterocycles. The van der Waals surface area contributed by atoms with Gasteiger partial charge < -0.3 is 4.90 Å². The molecule has 0 radical (unpaired) electrons. The van der Waals surface area contributed by atoms with Crippen molar-refractivity contribution in [1.82, 2.24) is 4.98 Å². The molecule has 2 rings (SSSR count). The van der Waals surface area contributed by atoms with Crippen molar-refractivity contribution in [1.29, 1.82) is 0 Å². The van der Waals surface area contributed by atoms with Gasteiger partial charge in [-0.1, -0.05) is 15.9 Å². The van der Waals surface area contributed by atoms with Crippen LogP contribution >= 0.6 is 15.9 Å². The summed E-state index contributed by atoms with van der Waals surface area (Å²) in [6.45, 7) is 0.772. The largest absolute Gasteiger partial charge is 0.370 e. The molecule has 0 spiro atoms. The van der Waals surface area contributed by atoms with Crippen molar-refractivity contribution in [2.45, 2.75) is 11.9 Å². The summed E-state index contributed by atoms with van der Waals surface area (Å²) in [4.78, 5) is 6.10. The second-order valence-electron chi connectivity index (χ2n) is 4.12. The van der Waals surface area contributed by atoms with Crippen LogP contribution in [0.2, 0.25) is 0 Å². The van der Waals surface area contributed by atoms with E-state index in [1.54, 1.807) is 18.5 Å². The SMILES string of the molecule is CN(Cc1ccncc1)c1ccc(F)cc1CBr. The Bertz CT molecular complexity index is 516. The van der Waals surface area contributed by atoms with Crippen molar-refractivity contribution in [2.75, 3.05) is 11.9 Å². The number of rotatable bonds is 4. The minimum Gasteiger partial charge on any atom is -0.370 e. The number of hydrogen-bond donors (Lipinski definition) is 0. The highest BCUT2D eigenvalue weighted by atomic mass is 79.9. The number of alkyl halides is 1. The van der Waals surface area contributed by atoms with Crippen molar-refractivity contribution in [3.8, 4) is 0 Å². The van der Waals surface area contributed by atoms with Crippen LogP contribution in [0.4, 0.5) is 10.1 Å². The summed E-state index contributed by atoms with van der Waals surface area (Å²) in [6, 6.07) is 8.83. The number of anilines is 1. The third-order valence-electron chi connectivity index (χ3n) is 2.77. The fourth-order valence-corrected chi connectivity index (χ4v) is 2.33. The summed E-state index contributed by atoms with van der Waals surface area (Å²) in [7, 11) is 2.00. The van der Waals surface area contributed by atoms with Crippen molar-refractivity contribution in [3.05, 3.63) is 59.7 Å². The maximum absolute atomic E-state index is 13.2. The van der Waals surface area contributed by atoms with Gasteiger partial charge in [0.15, 0.2) is 0 Å². The van der Waals surface area contributed by atoms with Gasteiger partial charge in [-0.15, -0.1) is 0 Å². The molecule has 0 amide bonds. The van der Waals surface area contributed by atoms with Gasteiger partial charge in [0.2, 0.25) is 0 Å². The van der Waals surface area contributed by atoms with Gasteiger partial charge in [0.05, 0.1) is 0 Å². The smallest absolute Gasteiger partial charge is 0.123 e. The number of pyridine rings is 1. The molecule has 0 aliphatic heterocycles. The fraction of sp³-hybridized carbons (Fsp3) is 0.214. The van der Waals surface area contributed by atoms with E-state index in [-0.39, 0.29) is 5.82 Å². The van der Waals surface area contributed by atoms with E-state index < -0.39 is 0 Å². The molecule has 18 heavy (non-hydrogen) atoms. The summed E-state index contributed by atoms with van der Waals surface area (Å²) in [5, 5.41) is 0.640. The van der Waals surface area contributed by atoms with E-state index in [0.29, 0.717) is 5.33 Å². The summed E-state index contributed by atoms with van der Waals surface area (Å²) >= 11 is 3.39. The van der Waals surface area contributed by atoms with Gasteiger partial charge in [-0.25, -0.2) is 4.39 Å². The normalized spacial score (nSPS) is 10.4. The molecule has 0 bridgehead atoms. The first-order valence-corrected chi connectivity index (χ1v) is 6.77. The van der Waals surface area contributed by atoms with Gasteiger partial charge in [-0.3, -0.25) is 4.98 Å². The molecular formula is C14H14BrFN2. The van der Waals surface area contributed by atoms with E-state index in [1.165, 1.54) is 11.6 Å². The molecule has 0 atom stereocenters. The quantitative estimate of drug-likeness (QED) is 0.800. The standard InChI is InChI=1S/C14H14BrFN2/c1-18(10-11-4-6-17-7-5-11)14-3-2-13(16)8-12(14)9-15/h2-8H,9-10H2,1H3. The molecule has 0 N–H and O–H groups in total. The van der Waals surface area contributed by atoms with Gasteiger partial charge >= 0.3 is 0 Å². The maximum Gasteiger partial charge on any atom is 0.123 e. The van der Waals surface area contributed by atoms with E-state index in [1.807, 2.05) is 25.2 Å². The Morgan fingerprint density at radius 2 is 1.94 bits per heavy atom. The van der Waals surface area contributed by atoms with Gasteiger partial charge in [-0.2, -0.15) is 0 Å². The number of benzene rings is 1. The molecule has 2 aromatic rings. The topological polar surface area (TPSA) is 16.1 Å². The summed E-state index contributed by atoms with van der Waals surface area (Å²) in [5.41, 5.74) is 3.16. The Morgan fingerprint density at radius 3 is 2.61 bits per heavy atom. The van der Waals surface area contributed by atoms with Crippen molar-refractivity contribution >= 4 is 21.6 Å². The van der Waals surface area contributed by atoms with Gasteiger partial charge in [0, 0.05) is 37.0 Å². The number of halogens is 2. The van der Waals surface area contributed by atoms with Crippen LogP contribution in [-0.2, 0) is 11.9 Å². The van der Waals surface area contributed by atoms with Gasteiger partial charge in [0.1, 0.15) is 5.82 Å². The maximum atomic E-state index is 13.2. The van der Waals surface area contributed by atoms with Crippen LogP contribution in [0.1, 0.15) is 11.1 Å². The zero-order valence-electron chi connectivity index (χ0n) is 10.1. The molecule has 1 aromatic heterocycles. The van der Waals surface area contributed by atoms with Crippen LogP contribution in [0, 0.1) is 5.82 Å². The molecule has 1 heterocycles. The first kappa shape index (κ1) is 13.0. The van der Waals surface area contributed by atoms with Crippen molar-refractivity contribution < 1.29 is 4.39 Å². The third kappa shape index (κ3) is 3.07. The lowest BCUT2D eigenvalue weighted by Crippen LogP contribution is -2.17. The Hall–Kier alpha value is -1.42. The second-order valence-corrected chi connectivity index (χ2v) is 4.68. The lowest BCUT2D eigenvalue weighted by molar-refractivity contribution is 0.626. The predicted molar refractivity (Wildman–Crippen MR) is 75.4 cm³/mol. The van der Waals surface area contributed by atoms with Gasteiger partial charge in [0.25, 0.3) is 0 Å². The van der Waals surface area contributed by atoms with E-state index in [0.717, 1.165) is 17.8 Å². The lowest BCUT2D eigenvalue weighted by atomic mass is 10.1. The van der Waals surface area contributed by atoms with Crippen LogP contribution in [0.3, 0.4) is 0 Å². The molecular weight excluding hydrogens is 295 g/mol. The molecule has 94 valence electrons. The highest BCUT2D eigenvalue weighted by Crippen LogP contribution is 2.24. The third-order valence-corrected chi connectivity index (χ3v) is 3.37. The van der Waals surface area contributed by atoms with Crippen molar-refractivity contribution in [3.63, 3.8) is 0 Å². The first-order chi connectivity index (χ1) is 8.70. The van der Waals surface area contributed by atoms with E-state index in [2.05, 4.69) is 25.8 Å². The number of nitrogens with zero attached hydrogens (tertiary/aromatic N) is 2. The molecule has 0 saturated carbocycles. The average molecular weight is 309 g/mol. The Balaban J connectivity index is 2.21. The summed E-state index contributed by atoms with van der Waals surface area (Å²) in [5.74, 6) is -0.203. The molecule has 0 aliphatic carbocycles. The van der Waals surface area contributed by atoms with Gasteiger partial charge in [-0.05, 0) is 41.5 Å². The van der Waals surface area contributed by atoms with E-state index in [4.69, 9.17) is 0 Å². The van der Waals surface area contributed by atoms with Crippen molar-refractivity contribution in [2.24, 2.45) is 0 Å². The molecule has 0 fully saturated rings. The van der Waals surface area contributed by atoms with Crippen LogP contribution in [0.25, 0.3) is 0 Å². The van der Waals surface area contributed by atoms with Crippen LogP contribution in [-0.4, -0.2) is 12.0 Å². The zero-order valence-corrected chi connectivity index (χ0v) is 11.7. The van der Waals surface area contributed by atoms with Crippen LogP contribution < -0.4 is 4.90 Å². The van der Waals surface area contributed by atoms with E-state index in [9.17, 15) is 4.39 Å². The monoisotopic (exact) mass is 308 g/mol. The van der Waals surface area contributed by atoms with Crippen LogP contribution in [0.15, 0.2) is 42.7 Å². The highest BCUT2D eigenvalue weighted by Gasteiger charge is 2.08. The first-order valence-electron chi connectivity index (χ1n) is 5.65. The summed E-state index contributed by atoms with van der Waals surface area (Å²) in [6.07, 6.45) is 3.55. The lowest BCUT2D eigenvalue weighted by Gasteiger charge is -2.22. The molecule has 0 unspecified atom stereocenters. The predicted octanol–water partition coefficient (Wildman–Crippen LogP) is 3.75. The zero-order chi connectivity index (χ0) is 13.0. The Morgan fingerprint density at radius 1 is 1.22 bits per heavy atom. The summed E-state index contributed by atoms with van der Waals surface area (Å²) < 4.78 is 13.2. The Labute approximate surface area is 115 Å². The molecule has 2 nitrogen and oxygen atoms in total. The highest BCUT2D eigenvalue weighted by molar-refractivity contribution is 9.08. The molecule has 4 heteroatoms. The van der Waals surface area contributed by atoms with Crippen LogP contribution in [0.5, 0.6) is 0 Å². The average Bonchev–Trinajstić information content (AvgIpc) is 2.39.